The van der Waals surface area contributed by atoms with Crippen molar-refractivity contribution in [2.45, 2.75) is 6.92 Å². The highest BCUT2D eigenvalue weighted by Crippen LogP contribution is 2.23. The summed E-state index contributed by atoms with van der Waals surface area (Å²) >= 11 is 7.40. The minimum Gasteiger partial charge on any atom is -0.398 e. The number of nitrogen functional groups attached to an aromatic ring is 1. The predicted octanol–water partition coefficient (Wildman–Crippen LogP) is 3.52. The Balaban J connectivity index is 2.42. The normalized spacial score (nSPS) is 10.4. The number of nitrogens with two attached hydrogens (primary N) is 1. The highest BCUT2D eigenvalue weighted by molar-refractivity contribution is 7.08. The summed E-state index contributed by atoms with van der Waals surface area (Å²) in [4.78, 5) is 12.1. The molecular weight excluding hydrogens is 242 g/mol. The Hall–Kier alpha value is -1.32. The van der Waals surface area contributed by atoms with Crippen molar-refractivity contribution in [3.63, 3.8) is 0 Å². The van der Waals surface area contributed by atoms with Crippen LogP contribution in [0.4, 0.5) is 5.69 Å². The van der Waals surface area contributed by atoms with Gasteiger partial charge in [-0.1, -0.05) is 11.6 Å². The molecule has 4 heteroatoms. The Morgan fingerprint density at radius 1 is 1.38 bits per heavy atom. The lowest BCUT2D eigenvalue weighted by Crippen LogP contribution is -2.02. The molecule has 1 aromatic heterocycles. The fourth-order valence-electron chi connectivity index (χ4n) is 1.42. The summed E-state index contributed by atoms with van der Waals surface area (Å²) in [6.45, 7) is 1.92. The van der Waals surface area contributed by atoms with Gasteiger partial charge in [0.25, 0.3) is 0 Å². The first-order valence-electron chi connectivity index (χ1n) is 4.72. The highest BCUT2D eigenvalue weighted by Gasteiger charge is 2.13. The first-order chi connectivity index (χ1) is 7.59. The molecule has 2 aromatic rings. The van der Waals surface area contributed by atoms with Crippen LogP contribution in [0.1, 0.15) is 21.5 Å². The van der Waals surface area contributed by atoms with E-state index >= 15 is 0 Å². The fraction of sp³-hybridized carbons (Fsp3) is 0.0833. The quantitative estimate of drug-likeness (QED) is 0.656. The van der Waals surface area contributed by atoms with E-state index in [4.69, 9.17) is 17.3 Å². The first kappa shape index (κ1) is 11.2. The van der Waals surface area contributed by atoms with Crippen molar-refractivity contribution in [3.05, 3.63) is 50.7 Å². The van der Waals surface area contributed by atoms with E-state index in [-0.39, 0.29) is 5.78 Å². The average molecular weight is 252 g/mol. The molecule has 2 nitrogen and oxygen atoms in total. The topological polar surface area (TPSA) is 43.1 Å². The van der Waals surface area contributed by atoms with Gasteiger partial charge in [0.2, 0.25) is 0 Å². The molecular formula is C12H10ClNOS. The van der Waals surface area contributed by atoms with Gasteiger partial charge in [-0.2, -0.15) is 11.3 Å². The minimum absolute atomic E-state index is 0.0133. The largest absolute Gasteiger partial charge is 0.398 e. The Morgan fingerprint density at radius 3 is 2.69 bits per heavy atom. The Bertz CT molecular complexity index is 548. The number of thiophene rings is 1. The smallest absolute Gasteiger partial charge is 0.194 e. The highest BCUT2D eigenvalue weighted by atomic mass is 35.5. The summed E-state index contributed by atoms with van der Waals surface area (Å²) in [5, 5.41) is 4.22. The lowest BCUT2D eigenvalue weighted by molar-refractivity contribution is 0.103. The number of rotatable bonds is 2. The van der Waals surface area contributed by atoms with Gasteiger partial charge < -0.3 is 5.73 Å². The van der Waals surface area contributed by atoms with Crippen LogP contribution >= 0.6 is 22.9 Å². The maximum absolute atomic E-state index is 12.1. The number of hydrogen-bond donors (Lipinski definition) is 1. The fourth-order valence-corrected chi connectivity index (χ4v) is 2.43. The number of carbonyl (C=O) groups excluding carboxylic acids is 1. The monoisotopic (exact) mass is 251 g/mol. The van der Waals surface area contributed by atoms with Crippen LogP contribution in [0.15, 0.2) is 29.0 Å². The summed E-state index contributed by atoms with van der Waals surface area (Å²) < 4.78 is 0. The number of carbonyl (C=O) groups is 1. The average Bonchev–Trinajstić information content (AvgIpc) is 2.67. The van der Waals surface area contributed by atoms with Gasteiger partial charge in [-0.15, -0.1) is 0 Å². The van der Waals surface area contributed by atoms with Gasteiger partial charge in [0.05, 0.1) is 10.7 Å². The van der Waals surface area contributed by atoms with E-state index in [2.05, 4.69) is 0 Å². The van der Waals surface area contributed by atoms with Gasteiger partial charge in [-0.05, 0) is 36.1 Å². The second kappa shape index (κ2) is 4.28. The Kier molecular flexibility index (Phi) is 2.99. The summed E-state index contributed by atoms with van der Waals surface area (Å²) in [6.07, 6.45) is 0. The van der Waals surface area contributed by atoms with E-state index in [0.29, 0.717) is 16.3 Å². The van der Waals surface area contributed by atoms with Crippen molar-refractivity contribution >= 4 is 34.4 Å². The maximum atomic E-state index is 12.1. The zero-order valence-corrected chi connectivity index (χ0v) is 10.2. The van der Waals surface area contributed by atoms with Crippen molar-refractivity contribution in [2.24, 2.45) is 0 Å². The lowest BCUT2D eigenvalue weighted by atomic mass is 10.0. The second-order valence-electron chi connectivity index (χ2n) is 3.53. The van der Waals surface area contributed by atoms with Gasteiger partial charge in [0.15, 0.2) is 5.78 Å². The Morgan fingerprint density at radius 2 is 2.12 bits per heavy atom. The van der Waals surface area contributed by atoms with Crippen molar-refractivity contribution in [3.8, 4) is 0 Å². The third-order valence-electron chi connectivity index (χ3n) is 2.36. The number of ketones is 1. The van der Waals surface area contributed by atoms with Crippen molar-refractivity contribution in [1.29, 1.82) is 0 Å². The molecule has 0 radical (unpaired) electrons. The maximum Gasteiger partial charge on any atom is 0.194 e. The molecule has 2 rings (SSSR count). The van der Waals surface area contributed by atoms with Crippen LogP contribution in [0.2, 0.25) is 5.02 Å². The molecule has 0 spiro atoms. The molecule has 1 heterocycles. The van der Waals surface area contributed by atoms with E-state index in [1.807, 2.05) is 17.7 Å². The molecule has 0 unspecified atom stereocenters. The third kappa shape index (κ3) is 1.96. The lowest BCUT2D eigenvalue weighted by Gasteiger charge is -2.03. The third-order valence-corrected chi connectivity index (χ3v) is 3.55. The van der Waals surface area contributed by atoms with E-state index in [1.54, 1.807) is 18.2 Å². The van der Waals surface area contributed by atoms with Gasteiger partial charge in [-0.25, -0.2) is 0 Å². The van der Waals surface area contributed by atoms with Gasteiger partial charge in [0.1, 0.15) is 0 Å². The number of halogens is 1. The second-order valence-corrected chi connectivity index (χ2v) is 4.68. The van der Waals surface area contributed by atoms with Crippen LogP contribution in [-0.4, -0.2) is 5.78 Å². The van der Waals surface area contributed by atoms with E-state index in [9.17, 15) is 4.79 Å². The predicted molar refractivity (Wildman–Crippen MR) is 68.4 cm³/mol. The van der Waals surface area contributed by atoms with Crippen LogP contribution in [0, 0.1) is 6.92 Å². The van der Waals surface area contributed by atoms with Crippen LogP contribution in [0.3, 0.4) is 0 Å². The molecule has 82 valence electrons. The van der Waals surface area contributed by atoms with E-state index in [0.717, 1.165) is 11.1 Å². The molecule has 0 aliphatic carbocycles. The molecule has 0 atom stereocenters. The number of anilines is 1. The van der Waals surface area contributed by atoms with Crippen molar-refractivity contribution < 1.29 is 4.79 Å². The van der Waals surface area contributed by atoms with Crippen LogP contribution < -0.4 is 5.73 Å². The van der Waals surface area contributed by atoms with E-state index in [1.165, 1.54) is 11.3 Å². The van der Waals surface area contributed by atoms with Gasteiger partial charge >= 0.3 is 0 Å². The van der Waals surface area contributed by atoms with Crippen LogP contribution in [0.5, 0.6) is 0 Å². The summed E-state index contributed by atoms with van der Waals surface area (Å²) in [7, 11) is 0. The number of benzene rings is 1. The Labute approximate surface area is 103 Å². The number of hydrogen-bond acceptors (Lipinski definition) is 3. The molecule has 0 saturated heterocycles. The molecule has 1 aromatic carbocycles. The molecule has 0 amide bonds. The zero-order chi connectivity index (χ0) is 11.7. The summed E-state index contributed by atoms with van der Waals surface area (Å²) in [6, 6.07) is 4.95. The number of aryl methyl sites for hydroxylation is 1. The van der Waals surface area contributed by atoms with E-state index < -0.39 is 0 Å². The van der Waals surface area contributed by atoms with Crippen LogP contribution in [-0.2, 0) is 0 Å². The van der Waals surface area contributed by atoms with Crippen molar-refractivity contribution in [1.82, 2.24) is 0 Å². The van der Waals surface area contributed by atoms with Gasteiger partial charge in [-0.3, -0.25) is 4.79 Å². The molecule has 2 N–H and O–H groups in total. The molecule has 0 saturated carbocycles. The molecule has 0 aliphatic rings. The summed E-state index contributed by atoms with van der Waals surface area (Å²) in [5.74, 6) is -0.0133. The van der Waals surface area contributed by atoms with Gasteiger partial charge in [0, 0.05) is 16.5 Å². The van der Waals surface area contributed by atoms with Crippen molar-refractivity contribution in [2.75, 3.05) is 5.73 Å². The molecule has 16 heavy (non-hydrogen) atoms. The SMILES string of the molecule is Cc1cscc1C(=O)c1ccc(N)c(Cl)c1. The van der Waals surface area contributed by atoms with Crippen LogP contribution in [0.25, 0.3) is 0 Å². The standard InChI is InChI=1S/C12H10ClNOS/c1-7-5-16-6-9(7)12(15)8-2-3-11(14)10(13)4-8/h2-6H,14H2,1H3. The zero-order valence-electron chi connectivity index (χ0n) is 8.66. The molecule has 0 fully saturated rings. The summed E-state index contributed by atoms with van der Waals surface area (Å²) in [5.41, 5.74) is 8.37. The minimum atomic E-state index is -0.0133. The molecule has 0 bridgehead atoms. The first-order valence-corrected chi connectivity index (χ1v) is 6.04. The molecule has 0 aliphatic heterocycles.